The first-order chi connectivity index (χ1) is 20.7. The van der Waals surface area contributed by atoms with Crippen molar-refractivity contribution < 1.29 is 0 Å². The molecule has 0 fully saturated rings. The molecule has 3 aromatic heterocycles. The lowest BCUT2D eigenvalue weighted by Gasteiger charge is -2.26. The normalized spacial score (nSPS) is 21.2. The van der Waals surface area contributed by atoms with Crippen LogP contribution in [0.3, 0.4) is 0 Å². The zero-order chi connectivity index (χ0) is 27.4. The number of rotatable bonds is 0. The Balaban J connectivity index is 1.33. The van der Waals surface area contributed by atoms with Crippen molar-refractivity contribution in [1.29, 1.82) is 0 Å². The van der Waals surface area contributed by atoms with Crippen LogP contribution in [0.1, 0.15) is 45.7 Å². The molecule has 3 aliphatic carbocycles. The average Bonchev–Trinajstić information content (AvgIpc) is 3.65. The van der Waals surface area contributed by atoms with E-state index in [2.05, 4.69) is 101 Å². The van der Waals surface area contributed by atoms with Gasteiger partial charge in [0.2, 0.25) is 0 Å². The van der Waals surface area contributed by atoms with E-state index in [1.807, 2.05) is 0 Å². The molecule has 0 spiro atoms. The second-order valence-electron chi connectivity index (χ2n) is 12.0. The molecule has 0 amide bonds. The van der Waals surface area contributed by atoms with E-state index in [0.29, 0.717) is 5.92 Å². The van der Waals surface area contributed by atoms with Crippen molar-refractivity contribution in [2.45, 2.75) is 31.1 Å². The molecule has 4 aliphatic rings. The quantitative estimate of drug-likeness (QED) is 0.211. The number of aromatic amines is 2. The van der Waals surface area contributed by atoms with Crippen LogP contribution in [-0.4, -0.2) is 29.9 Å². The second-order valence-corrected chi connectivity index (χ2v) is 12.0. The SMILES string of the molecule is C1=CC2=Cc3c(c4nc5[nH]c(nc6nc(nc3[nH]4)C3Cc4ccccc4CC63)c3cc4ccccc4cc53)CC2C=C1. The van der Waals surface area contributed by atoms with E-state index < -0.39 is 0 Å². The van der Waals surface area contributed by atoms with Gasteiger partial charge in [0.05, 0.1) is 0 Å². The van der Waals surface area contributed by atoms with Crippen LogP contribution in [0.25, 0.3) is 50.2 Å². The van der Waals surface area contributed by atoms with Crippen molar-refractivity contribution in [3.05, 3.63) is 124 Å². The van der Waals surface area contributed by atoms with Crippen LogP contribution in [0.4, 0.5) is 0 Å². The minimum Gasteiger partial charge on any atom is -0.324 e. The summed E-state index contributed by atoms with van der Waals surface area (Å²) in [6.45, 7) is 0. The topological polar surface area (TPSA) is 83.1 Å². The van der Waals surface area contributed by atoms with Gasteiger partial charge in [-0.3, -0.25) is 0 Å². The maximum atomic E-state index is 5.28. The highest BCUT2D eigenvalue weighted by molar-refractivity contribution is 6.11. The lowest BCUT2D eigenvalue weighted by atomic mass is 9.76. The monoisotopic (exact) mass is 542 g/mol. The highest BCUT2D eigenvalue weighted by Crippen LogP contribution is 2.45. The molecule has 6 heteroatoms. The lowest BCUT2D eigenvalue weighted by molar-refractivity contribution is 0.507. The maximum Gasteiger partial charge on any atom is 0.142 e. The highest BCUT2D eigenvalue weighted by Gasteiger charge is 2.39. The maximum absolute atomic E-state index is 5.28. The molecule has 0 saturated carbocycles. The van der Waals surface area contributed by atoms with Gasteiger partial charge in [-0.05, 0) is 64.9 Å². The minimum atomic E-state index is 0.179. The molecule has 2 N–H and O–H groups in total. The van der Waals surface area contributed by atoms with Crippen LogP contribution in [0, 0.1) is 5.92 Å². The van der Waals surface area contributed by atoms with Gasteiger partial charge in [-0.1, -0.05) is 72.8 Å². The van der Waals surface area contributed by atoms with Crippen molar-refractivity contribution in [2.75, 3.05) is 0 Å². The van der Waals surface area contributed by atoms with Crippen molar-refractivity contribution in [1.82, 2.24) is 29.9 Å². The molecule has 3 aromatic carbocycles. The number of nitrogens with one attached hydrogen (secondary N) is 2. The number of H-pyrrole nitrogens is 2. The fraction of sp³-hybridized carbons (Fsp3) is 0.167. The number of fused-ring (bicyclic) bond motifs is 18. The summed E-state index contributed by atoms with van der Waals surface area (Å²) in [6, 6.07) is 21.7. The van der Waals surface area contributed by atoms with E-state index >= 15 is 0 Å². The van der Waals surface area contributed by atoms with Crippen LogP contribution < -0.4 is 0 Å². The van der Waals surface area contributed by atoms with Crippen molar-refractivity contribution in [2.24, 2.45) is 5.92 Å². The van der Waals surface area contributed by atoms with Gasteiger partial charge in [0.1, 0.15) is 34.2 Å². The van der Waals surface area contributed by atoms with Crippen LogP contribution in [0.5, 0.6) is 0 Å². The summed E-state index contributed by atoms with van der Waals surface area (Å²) >= 11 is 0. The zero-order valence-electron chi connectivity index (χ0n) is 22.8. The van der Waals surface area contributed by atoms with E-state index in [-0.39, 0.29) is 11.8 Å². The van der Waals surface area contributed by atoms with Crippen molar-refractivity contribution >= 4 is 50.2 Å². The van der Waals surface area contributed by atoms with Gasteiger partial charge < -0.3 is 9.97 Å². The van der Waals surface area contributed by atoms with E-state index in [0.717, 1.165) is 69.8 Å². The summed E-state index contributed by atoms with van der Waals surface area (Å²) < 4.78 is 0. The van der Waals surface area contributed by atoms with Gasteiger partial charge in [0.15, 0.2) is 0 Å². The molecule has 6 aromatic rings. The molecular weight excluding hydrogens is 516 g/mol. The van der Waals surface area contributed by atoms with Crippen LogP contribution >= 0.6 is 0 Å². The Kier molecular flexibility index (Phi) is 4.42. The van der Waals surface area contributed by atoms with Crippen molar-refractivity contribution in [3.8, 4) is 0 Å². The predicted octanol–water partition coefficient (Wildman–Crippen LogP) is 7.32. The zero-order valence-corrected chi connectivity index (χ0v) is 22.8. The van der Waals surface area contributed by atoms with E-state index in [9.17, 15) is 0 Å². The Labute approximate surface area is 241 Å². The molecule has 200 valence electrons. The summed E-state index contributed by atoms with van der Waals surface area (Å²) in [4.78, 5) is 28.3. The first kappa shape index (κ1) is 22.6. The highest BCUT2D eigenvalue weighted by atomic mass is 15.1. The first-order valence-electron chi connectivity index (χ1n) is 14.8. The third kappa shape index (κ3) is 3.20. The Hall–Kier alpha value is -5.10. The Bertz CT molecular complexity index is 2310. The van der Waals surface area contributed by atoms with Gasteiger partial charge in [-0.15, -0.1) is 0 Å². The van der Waals surface area contributed by atoms with Gasteiger partial charge in [-0.2, -0.15) is 0 Å². The predicted molar refractivity (Wildman–Crippen MR) is 167 cm³/mol. The molecule has 10 rings (SSSR count). The van der Waals surface area contributed by atoms with Crippen LogP contribution in [0.2, 0.25) is 0 Å². The standard InChI is InChI=1S/C36H26N6/c1-2-8-20-14-26-25(13-19(20)7-1)31-37-32(26)41-34-29-17-23-11-5-6-12-24(23)18-30(29)36(39-34)42-35-28-16-22-10-4-3-9-21(22)15-27(28)33(38-35)40-31/h1-14,16,21,29-30H,15,17-18H2,(H2,37,38,39,40,41,42). The smallest absolute Gasteiger partial charge is 0.142 e. The number of aromatic nitrogens is 6. The van der Waals surface area contributed by atoms with Gasteiger partial charge in [0.25, 0.3) is 0 Å². The molecule has 42 heavy (non-hydrogen) atoms. The van der Waals surface area contributed by atoms with Gasteiger partial charge >= 0.3 is 0 Å². The molecule has 6 nitrogen and oxygen atoms in total. The van der Waals surface area contributed by atoms with Gasteiger partial charge in [0, 0.05) is 39.7 Å². The van der Waals surface area contributed by atoms with Crippen molar-refractivity contribution in [3.63, 3.8) is 0 Å². The van der Waals surface area contributed by atoms with Crippen LogP contribution in [-0.2, 0) is 19.3 Å². The van der Waals surface area contributed by atoms with E-state index in [4.69, 9.17) is 19.9 Å². The Morgan fingerprint density at radius 3 is 2.00 bits per heavy atom. The number of hydrogen-bond donors (Lipinski definition) is 2. The molecular formula is C36H26N6. The summed E-state index contributed by atoms with van der Waals surface area (Å²) in [5, 5.41) is 4.50. The third-order valence-corrected chi connectivity index (χ3v) is 9.69. The largest absolute Gasteiger partial charge is 0.324 e. The minimum absolute atomic E-state index is 0.179. The lowest BCUT2D eigenvalue weighted by Crippen LogP contribution is -2.19. The van der Waals surface area contributed by atoms with Crippen LogP contribution in [0.15, 0.2) is 90.5 Å². The molecule has 3 atom stereocenters. The fourth-order valence-corrected chi connectivity index (χ4v) is 7.55. The fourth-order valence-electron chi connectivity index (χ4n) is 7.55. The number of allylic oxidation sites excluding steroid dienone is 5. The van der Waals surface area contributed by atoms with E-state index in [1.165, 1.54) is 33.0 Å². The van der Waals surface area contributed by atoms with Gasteiger partial charge in [-0.25, -0.2) is 19.9 Å². The summed E-state index contributed by atoms with van der Waals surface area (Å²) in [5.74, 6) is 2.43. The summed E-state index contributed by atoms with van der Waals surface area (Å²) in [5.41, 5.74) is 9.76. The number of nitrogens with zero attached hydrogens (tertiary/aromatic N) is 4. The Morgan fingerprint density at radius 1 is 0.619 bits per heavy atom. The summed E-state index contributed by atoms with van der Waals surface area (Å²) in [6.07, 6.45) is 13.8. The molecule has 4 heterocycles. The Morgan fingerprint density at radius 2 is 1.26 bits per heavy atom. The molecule has 0 radical (unpaired) electrons. The average molecular weight is 543 g/mol. The molecule has 0 saturated heterocycles. The first-order valence-corrected chi connectivity index (χ1v) is 14.8. The number of hydrogen-bond acceptors (Lipinski definition) is 4. The number of benzene rings is 3. The molecule has 6 bridgehead atoms. The second kappa shape index (κ2) is 8.23. The summed E-state index contributed by atoms with van der Waals surface area (Å²) in [7, 11) is 0. The molecule has 1 aliphatic heterocycles. The van der Waals surface area contributed by atoms with E-state index in [1.54, 1.807) is 0 Å². The molecule has 3 unspecified atom stereocenters. The third-order valence-electron chi connectivity index (χ3n) is 9.69.